The average molecular weight is 363 g/mol. The van der Waals surface area contributed by atoms with Crippen LogP contribution in [-0.2, 0) is 4.74 Å². The zero-order chi connectivity index (χ0) is 18.7. The van der Waals surface area contributed by atoms with Gasteiger partial charge in [-0.1, -0.05) is 27.7 Å². The molecule has 4 aliphatic rings. The second kappa shape index (κ2) is 6.48. The molecule has 0 radical (unpaired) electrons. The Kier molecular flexibility index (Phi) is 4.79. The first-order chi connectivity index (χ1) is 12.3. The maximum absolute atomic E-state index is 10.9. The van der Waals surface area contributed by atoms with Gasteiger partial charge in [0.25, 0.3) is 0 Å². The van der Waals surface area contributed by atoms with Crippen molar-refractivity contribution >= 4 is 0 Å². The molecule has 0 spiro atoms. The maximum atomic E-state index is 10.9. The van der Waals surface area contributed by atoms with Crippen LogP contribution in [0.25, 0.3) is 0 Å². The predicted octanol–water partition coefficient (Wildman–Crippen LogP) is 5.82. The van der Waals surface area contributed by atoms with E-state index in [1.165, 1.54) is 57.8 Å². The maximum Gasteiger partial charge on any atom is 0.0596 e. The monoisotopic (exact) mass is 362 g/mol. The Morgan fingerprint density at radius 2 is 1.69 bits per heavy atom. The Morgan fingerprint density at radius 3 is 2.38 bits per heavy atom. The summed E-state index contributed by atoms with van der Waals surface area (Å²) in [5.41, 5.74) is 1.01. The Labute approximate surface area is 161 Å². The van der Waals surface area contributed by atoms with E-state index in [4.69, 9.17) is 4.74 Å². The normalized spacial score (nSPS) is 54.9. The molecule has 1 N–H and O–H groups in total. The Hall–Kier alpha value is -0.0800. The average Bonchev–Trinajstić information content (AvgIpc) is 2.92. The summed E-state index contributed by atoms with van der Waals surface area (Å²) >= 11 is 0. The molecular formula is C24H42O2. The fourth-order valence-electron chi connectivity index (χ4n) is 8.73. The van der Waals surface area contributed by atoms with Gasteiger partial charge in [-0.15, -0.1) is 0 Å². The standard InChI is InChI=1S/C24H42O2/c1-6-21(25)24(4)14-11-20-18-8-7-16-15-17(26-5)9-12-22(16,2)19(18)10-13-23(20,24)3/h16-21,25H,6-15H2,1-5H3/t16?,17-,18?,19?,20?,21+,22-,23?,24+/m0/s1. The van der Waals surface area contributed by atoms with Crippen LogP contribution in [0.5, 0.6) is 0 Å². The van der Waals surface area contributed by atoms with Gasteiger partial charge in [-0.25, -0.2) is 0 Å². The topological polar surface area (TPSA) is 29.5 Å². The SMILES string of the molecule is CC[C@@H](O)[C@@]1(C)CCC2C3CCC4C[C@@H](OC)CC[C@]4(C)C3CCC21C. The van der Waals surface area contributed by atoms with Gasteiger partial charge in [0.05, 0.1) is 12.2 Å². The van der Waals surface area contributed by atoms with Gasteiger partial charge in [-0.2, -0.15) is 0 Å². The quantitative estimate of drug-likeness (QED) is 0.685. The van der Waals surface area contributed by atoms with Crippen LogP contribution in [0.2, 0.25) is 0 Å². The van der Waals surface area contributed by atoms with Crippen LogP contribution >= 0.6 is 0 Å². The molecule has 9 atom stereocenters. The highest BCUT2D eigenvalue weighted by Crippen LogP contribution is 2.71. The molecule has 0 aromatic heterocycles. The van der Waals surface area contributed by atoms with Crippen molar-refractivity contribution in [2.45, 2.75) is 104 Å². The third-order valence-corrected chi connectivity index (χ3v) is 10.7. The van der Waals surface area contributed by atoms with Gasteiger partial charge in [-0.05, 0) is 104 Å². The summed E-state index contributed by atoms with van der Waals surface area (Å²) in [6, 6.07) is 0. The van der Waals surface area contributed by atoms with Crippen LogP contribution in [0.3, 0.4) is 0 Å². The van der Waals surface area contributed by atoms with Crippen LogP contribution in [0.4, 0.5) is 0 Å². The van der Waals surface area contributed by atoms with Gasteiger partial charge in [-0.3, -0.25) is 0 Å². The highest BCUT2D eigenvalue weighted by Gasteiger charge is 2.64. The molecule has 4 saturated carbocycles. The minimum absolute atomic E-state index is 0.127. The molecule has 0 saturated heterocycles. The molecule has 5 unspecified atom stereocenters. The number of ether oxygens (including phenoxy) is 1. The molecule has 0 amide bonds. The van der Waals surface area contributed by atoms with E-state index in [-0.39, 0.29) is 11.5 Å². The molecular weight excluding hydrogens is 320 g/mol. The lowest BCUT2D eigenvalue weighted by molar-refractivity contribution is -0.153. The van der Waals surface area contributed by atoms with Crippen LogP contribution in [0, 0.1) is 39.9 Å². The van der Waals surface area contributed by atoms with E-state index in [2.05, 4.69) is 27.7 Å². The molecule has 2 nitrogen and oxygen atoms in total. The third-order valence-electron chi connectivity index (χ3n) is 10.7. The Balaban J connectivity index is 1.60. The van der Waals surface area contributed by atoms with Crippen molar-refractivity contribution in [2.24, 2.45) is 39.9 Å². The van der Waals surface area contributed by atoms with Crippen molar-refractivity contribution < 1.29 is 9.84 Å². The van der Waals surface area contributed by atoms with E-state index in [1.54, 1.807) is 0 Å². The Morgan fingerprint density at radius 1 is 0.962 bits per heavy atom. The smallest absolute Gasteiger partial charge is 0.0596 e. The fourth-order valence-corrected chi connectivity index (χ4v) is 8.73. The van der Waals surface area contributed by atoms with E-state index in [1.807, 2.05) is 7.11 Å². The van der Waals surface area contributed by atoms with Gasteiger partial charge < -0.3 is 9.84 Å². The highest BCUT2D eigenvalue weighted by molar-refractivity contribution is 5.13. The minimum atomic E-state index is -0.127. The van der Waals surface area contributed by atoms with E-state index >= 15 is 0 Å². The van der Waals surface area contributed by atoms with Gasteiger partial charge in [0, 0.05) is 7.11 Å². The lowest BCUT2D eigenvalue weighted by Gasteiger charge is -2.62. The largest absolute Gasteiger partial charge is 0.393 e. The van der Waals surface area contributed by atoms with E-state index in [0.29, 0.717) is 16.9 Å². The summed E-state index contributed by atoms with van der Waals surface area (Å²) in [6.45, 7) is 9.77. The summed E-state index contributed by atoms with van der Waals surface area (Å²) in [4.78, 5) is 0. The molecule has 0 heterocycles. The number of hydrogen-bond donors (Lipinski definition) is 1. The first-order valence-electron chi connectivity index (χ1n) is 11.5. The molecule has 4 rings (SSSR count). The van der Waals surface area contributed by atoms with Crippen molar-refractivity contribution in [3.8, 4) is 0 Å². The molecule has 150 valence electrons. The number of rotatable bonds is 3. The highest BCUT2D eigenvalue weighted by atomic mass is 16.5. The van der Waals surface area contributed by atoms with Crippen molar-refractivity contribution in [2.75, 3.05) is 7.11 Å². The number of aliphatic hydroxyl groups excluding tert-OH is 1. The number of methoxy groups -OCH3 is 1. The lowest BCUT2D eigenvalue weighted by Crippen LogP contribution is -2.56. The minimum Gasteiger partial charge on any atom is -0.393 e. The summed E-state index contributed by atoms with van der Waals surface area (Å²) in [5.74, 6) is 3.53. The zero-order valence-electron chi connectivity index (χ0n) is 17.9. The van der Waals surface area contributed by atoms with E-state index in [9.17, 15) is 5.11 Å². The molecule has 4 fully saturated rings. The molecule has 2 heteroatoms. The predicted molar refractivity (Wildman–Crippen MR) is 107 cm³/mol. The van der Waals surface area contributed by atoms with Gasteiger partial charge in [0.15, 0.2) is 0 Å². The number of aliphatic hydroxyl groups is 1. The second-order valence-corrected chi connectivity index (χ2v) is 11.1. The summed E-state index contributed by atoms with van der Waals surface area (Å²) in [5, 5.41) is 10.9. The second-order valence-electron chi connectivity index (χ2n) is 11.1. The van der Waals surface area contributed by atoms with E-state index < -0.39 is 0 Å². The van der Waals surface area contributed by atoms with Crippen molar-refractivity contribution in [1.82, 2.24) is 0 Å². The van der Waals surface area contributed by atoms with Crippen molar-refractivity contribution in [3.05, 3.63) is 0 Å². The summed E-state index contributed by atoms with van der Waals surface area (Å²) < 4.78 is 5.74. The van der Waals surface area contributed by atoms with Crippen LogP contribution in [0.15, 0.2) is 0 Å². The first-order valence-corrected chi connectivity index (χ1v) is 11.5. The van der Waals surface area contributed by atoms with Crippen molar-refractivity contribution in [1.29, 1.82) is 0 Å². The number of hydrogen-bond acceptors (Lipinski definition) is 2. The summed E-state index contributed by atoms with van der Waals surface area (Å²) in [6.07, 6.45) is 13.4. The summed E-state index contributed by atoms with van der Waals surface area (Å²) in [7, 11) is 1.91. The molecule has 0 aromatic carbocycles. The third kappa shape index (κ3) is 2.43. The zero-order valence-corrected chi connectivity index (χ0v) is 17.9. The molecule has 0 aromatic rings. The van der Waals surface area contributed by atoms with Crippen LogP contribution < -0.4 is 0 Å². The van der Waals surface area contributed by atoms with Gasteiger partial charge >= 0.3 is 0 Å². The molecule has 4 aliphatic carbocycles. The van der Waals surface area contributed by atoms with E-state index in [0.717, 1.165) is 30.1 Å². The van der Waals surface area contributed by atoms with Crippen LogP contribution in [-0.4, -0.2) is 24.4 Å². The molecule has 0 aliphatic heterocycles. The van der Waals surface area contributed by atoms with Crippen molar-refractivity contribution in [3.63, 3.8) is 0 Å². The molecule has 0 bridgehead atoms. The van der Waals surface area contributed by atoms with Gasteiger partial charge in [0.2, 0.25) is 0 Å². The Bertz CT molecular complexity index is 532. The molecule has 26 heavy (non-hydrogen) atoms. The first kappa shape index (κ1) is 19.2. The van der Waals surface area contributed by atoms with Crippen LogP contribution in [0.1, 0.15) is 91.9 Å². The van der Waals surface area contributed by atoms with Gasteiger partial charge in [0.1, 0.15) is 0 Å². The lowest BCUT2D eigenvalue weighted by atomic mass is 9.43. The fraction of sp³-hybridized carbons (Fsp3) is 1.00. The number of fused-ring (bicyclic) bond motifs is 5.